The fourth-order valence-electron chi connectivity index (χ4n) is 1.74. The molecule has 0 saturated heterocycles. The summed E-state index contributed by atoms with van der Waals surface area (Å²) >= 11 is 0. The van der Waals surface area contributed by atoms with Gasteiger partial charge in [-0.05, 0) is 37.8 Å². The molecule has 0 aliphatic heterocycles. The van der Waals surface area contributed by atoms with Gasteiger partial charge in [0.15, 0.2) is 0 Å². The molecule has 3 heteroatoms. The summed E-state index contributed by atoms with van der Waals surface area (Å²) in [6.07, 6.45) is 3.91. The number of ether oxygens (including phenoxy) is 1. The third-order valence-electron chi connectivity index (χ3n) is 3.11. The van der Waals surface area contributed by atoms with E-state index in [0.717, 1.165) is 23.8 Å². The van der Waals surface area contributed by atoms with E-state index in [1.54, 1.807) is 6.92 Å². The van der Waals surface area contributed by atoms with Crippen molar-refractivity contribution in [1.82, 2.24) is 0 Å². The molecule has 0 spiro atoms. The highest BCUT2D eigenvalue weighted by Crippen LogP contribution is 2.27. The van der Waals surface area contributed by atoms with Gasteiger partial charge in [-0.2, -0.15) is 0 Å². The van der Waals surface area contributed by atoms with Gasteiger partial charge in [0.2, 0.25) is 0 Å². The molecule has 1 saturated carbocycles. The number of hydrogen-bond acceptors (Lipinski definition) is 3. The zero-order valence-electron chi connectivity index (χ0n) is 9.52. The first kappa shape index (κ1) is 11.0. The molecule has 0 aromatic heterocycles. The zero-order chi connectivity index (χ0) is 11.4. The molecule has 2 rings (SSSR count). The van der Waals surface area contributed by atoms with E-state index in [1.807, 2.05) is 24.3 Å². The van der Waals surface area contributed by atoms with E-state index < -0.39 is 0 Å². The third kappa shape index (κ3) is 2.54. The third-order valence-corrected chi connectivity index (χ3v) is 3.11. The van der Waals surface area contributed by atoms with Gasteiger partial charge in [-0.25, -0.2) is 0 Å². The predicted octanol–water partition coefficient (Wildman–Crippen LogP) is 3.06. The maximum Gasteiger partial charge on any atom is 0.119 e. The lowest BCUT2D eigenvalue weighted by Crippen LogP contribution is -2.19. The van der Waals surface area contributed by atoms with Crippen molar-refractivity contribution in [3.8, 4) is 5.75 Å². The SMILES string of the molecule is CC(=NO)c1cccc(OCC2CCC2)c1. The van der Waals surface area contributed by atoms with E-state index in [2.05, 4.69) is 5.16 Å². The Morgan fingerprint density at radius 3 is 2.94 bits per heavy atom. The molecule has 0 bridgehead atoms. The van der Waals surface area contributed by atoms with Crippen molar-refractivity contribution in [2.45, 2.75) is 26.2 Å². The van der Waals surface area contributed by atoms with Crippen LogP contribution in [0.1, 0.15) is 31.7 Å². The Labute approximate surface area is 95.7 Å². The summed E-state index contributed by atoms with van der Waals surface area (Å²) in [5, 5.41) is 11.9. The number of oxime groups is 1. The Balaban J connectivity index is 1.98. The van der Waals surface area contributed by atoms with Crippen molar-refractivity contribution in [3.63, 3.8) is 0 Å². The first-order chi connectivity index (χ1) is 7.79. The Morgan fingerprint density at radius 1 is 1.50 bits per heavy atom. The van der Waals surface area contributed by atoms with Crippen LogP contribution in [0.3, 0.4) is 0 Å². The summed E-state index contributed by atoms with van der Waals surface area (Å²) < 4.78 is 5.71. The Morgan fingerprint density at radius 2 is 2.31 bits per heavy atom. The maximum absolute atomic E-state index is 8.69. The molecule has 0 heterocycles. The number of nitrogens with zero attached hydrogens (tertiary/aromatic N) is 1. The number of hydrogen-bond donors (Lipinski definition) is 1. The van der Waals surface area contributed by atoms with E-state index in [9.17, 15) is 0 Å². The van der Waals surface area contributed by atoms with Gasteiger partial charge >= 0.3 is 0 Å². The molecule has 0 radical (unpaired) electrons. The molecule has 1 aliphatic rings. The lowest BCUT2D eigenvalue weighted by molar-refractivity contribution is 0.180. The number of rotatable bonds is 4. The van der Waals surface area contributed by atoms with Gasteiger partial charge in [-0.1, -0.05) is 23.7 Å². The largest absolute Gasteiger partial charge is 0.493 e. The molecular weight excluding hydrogens is 202 g/mol. The van der Waals surface area contributed by atoms with Crippen molar-refractivity contribution >= 4 is 5.71 Å². The Bertz CT molecular complexity index is 383. The second-order valence-corrected chi connectivity index (χ2v) is 4.32. The average molecular weight is 219 g/mol. The normalized spacial score (nSPS) is 16.9. The molecule has 0 unspecified atom stereocenters. The molecule has 1 aromatic carbocycles. The van der Waals surface area contributed by atoms with E-state index in [0.29, 0.717) is 5.71 Å². The monoisotopic (exact) mass is 219 g/mol. The zero-order valence-corrected chi connectivity index (χ0v) is 9.52. The summed E-state index contributed by atoms with van der Waals surface area (Å²) in [6.45, 7) is 2.57. The van der Waals surface area contributed by atoms with Crippen molar-refractivity contribution in [1.29, 1.82) is 0 Å². The Hall–Kier alpha value is -1.51. The lowest BCUT2D eigenvalue weighted by Gasteiger charge is -2.25. The summed E-state index contributed by atoms with van der Waals surface area (Å²) in [7, 11) is 0. The maximum atomic E-state index is 8.69. The fraction of sp³-hybridized carbons (Fsp3) is 0.462. The highest BCUT2D eigenvalue weighted by atomic mass is 16.5. The second kappa shape index (κ2) is 5.01. The molecule has 86 valence electrons. The quantitative estimate of drug-likeness (QED) is 0.480. The smallest absolute Gasteiger partial charge is 0.119 e. The summed E-state index contributed by atoms with van der Waals surface area (Å²) in [4.78, 5) is 0. The van der Waals surface area contributed by atoms with Crippen LogP contribution in [0.25, 0.3) is 0 Å². The van der Waals surface area contributed by atoms with Crippen LogP contribution in [0.4, 0.5) is 0 Å². The second-order valence-electron chi connectivity index (χ2n) is 4.32. The highest BCUT2D eigenvalue weighted by molar-refractivity contribution is 5.98. The van der Waals surface area contributed by atoms with Crippen molar-refractivity contribution < 1.29 is 9.94 Å². The van der Waals surface area contributed by atoms with Gasteiger partial charge in [0.25, 0.3) is 0 Å². The van der Waals surface area contributed by atoms with Crippen LogP contribution >= 0.6 is 0 Å². The summed E-state index contributed by atoms with van der Waals surface area (Å²) in [6, 6.07) is 7.67. The topological polar surface area (TPSA) is 41.8 Å². The lowest BCUT2D eigenvalue weighted by atomic mass is 9.86. The van der Waals surface area contributed by atoms with E-state index >= 15 is 0 Å². The van der Waals surface area contributed by atoms with Gasteiger partial charge < -0.3 is 9.94 Å². The van der Waals surface area contributed by atoms with E-state index in [-0.39, 0.29) is 0 Å². The molecule has 1 fully saturated rings. The minimum absolute atomic E-state index is 0.606. The highest BCUT2D eigenvalue weighted by Gasteiger charge is 2.17. The van der Waals surface area contributed by atoms with Crippen LogP contribution in [0.2, 0.25) is 0 Å². The van der Waals surface area contributed by atoms with Crippen LogP contribution < -0.4 is 4.74 Å². The van der Waals surface area contributed by atoms with Crippen molar-refractivity contribution in [2.75, 3.05) is 6.61 Å². The fourth-order valence-corrected chi connectivity index (χ4v) is 1.74. The standard InChI is InChI=1S/C13H17NO2/c1-10(14-15)12-6-3-7-13(8-12)16-9-11-4-2-5-11/h3,6-8,11,15H,2,4-5,9H2,1H3. The van der Waals surface area contributed by atoms with Crippen molar-refractivity contribution in [3.05, 3.63) is 29.8 Å². The van der Waals surface area contributed by atoms with Crippen LogP contribution in [-0.4, -0.2) is 17.5 Å². The Kier molecular flexibility index (Phi) is 3.44. The minimum atomic E-state index is 0.606. The van der Waals surface area contributed by atoms with Crippen LogP contribution in [0.15, 0.2) is 29.4 Å². The van der Waals surface area contributed by atoms with Gasteiger partial charge in [0.05, 0.1) is 12.3 Å². The van der Waals surface area contributed by atoms with E-state index in [4.69, 9.17) is 9.94 Å². The van der Waals surface area contributed by atoms with Crippen molar-refractivity contribution in [2.24, 2.45) is 11.1 Å². The molecule has 3 nitrogen and oxygen atoms in total. The van der Waals surface area contributed by atoms with Crippen LogP contribution in [-0.2, 0) is 0 Å². The molecule has 0 atom stereocenters. The molecule has 1 aliphatic carbocycles. The van der Waals surface area contributed by atoms with Crippen LogP contribution in [0, 0.1) is 5.92 Å². The van der Waals surface area contributed by atoms with Gasteiger partial charge in [0.1, 0.15) is 5.75 Å². The molecule has 1 N–H and O–H groups in total. The predicted molar refractivity (Wildman–Crippen MR) is 63.3 cm³/mol. The first-order valence-corrected chi connectivity index (χ1v) is 5.71. The molecule has 0 amide bonds. The first-order valence-electron chi connectivity index (χ1n) is 5.71. The van der Waals surface area contributed by atoms with E-state index in [1.165, 1.54) is 19.3 Å². The number of benzene rings is 1. The van der Waals surface area contributed by atoms with Gasteiger partial charge in [-0.15, -0.1) is 0 Å². The minimum Gasteiger partial charge on any atom is -0.493 e. The van der Waals surface area contributed by atoms with Gasteiger partial charge in [-0.3, -0.25) is 0 Å². The summed E-state index contributed by atoms with van der Waals surface area (Å²) in [5.74, 6) is 1.59. The molecular formula is C13H17NO2. The molecule has 1 aromatic rings. The summed E-state index contributed by atoms with van der Waals surface area (Å²) in [5.41, 5.74) is 1.50. The van der Waals surface area contributed by atoms with Crippen LogP contribution in [0.5, 0.6) is 5.75 Å². The molecule has 16 heavy (non-hydrogen) atoms. The average Bonchev–Trinajstić information content (AvgIpc) is 2.26. The van der Waals surface area contributed by atoms with Gasteiger partial charge in [0, 0.05) is 5.56 Å².